The third-order valence-electron chi connectivity index (χ3n) is 2.94. The molecule has 2 rings (SSSR count). The van der Waals surface area contributed by atoms with Crippen molar-refractivity contribution in [3.8, 4) is 5.69 Å². The van der Waals surface area contributed by atoms with E-state index in [1.54, 1.807) is 0 Å². The van der Waals surface area contributed by atoms with Crippen molar-refractivity contribution in [2.45, 2.75) is 6.18 Å². The molecule has 0 bridgehead atoms. The molecule has 0 fully saturated rings. The first-order valence-corrected chi connectivity index (χ1v) is 7.70. The Morgan fingerprint density at radius 2 is 1.88 bits per heavy atom. The lowest BCUT2D eigenvalue weighted by Crippen LogP contribution is -2.36. The molecule has 2 N–H and O–H groups in total. The Labute approximate surface area is 147 Å². The zero-order valence-electron chi connectivity index (χ0n) is 12.0. The SMILES string of the molecule is O=C(NS(=O)[O-])c1cc(-n2c(=O)cc(C(F)(F)F)[nH]c2=O)c(F)cc1Cl. The molecule has 0 spiro atoms. The van der Waals surface area contributed by atoms with Crippen LogP contribution in [-0.2, 0) is 17.4 Å². The second-order valence-electron chi connectivity index (χ2n) is 4.61. The molecule has 1 amide bonds. The molecule has 0 aliphatic heterocycles. The van der Waals surface area contributed by atoms with Crippen molar-refractivity contribution in [2.75, 3.05) is 0 Å². The summed E-state index contributed by atoms with van der Waals surface area (Å²) < 4.78 is 74.2. The van der Waals surface area contributed by atoms with E-state index in [1.165, 1.54) is 9.71 Å². The lowest BCUT2D eigenvalue weighted by atomic mass is 10.1. The number of amides is 1. The predicted molar refractivity (Wildman–Crippen MR) is 79.0 cm³/mol. The van der Waals surface area contributed by atoms with Gasteiger partial charge in [0.2, 0.25) is 0 Å². The summed E-state index contributed by atoms with van der Waals surface area (Å²) in [4.78, 5) is 36.7. The monoisotopic (exact) mass is 414 g/mol. The van der Waals surface area contributed by atoms with E-state index in [-0.39, 0.29) is 10.6 Å². The Bertz CT molecular complexity index is 1000. The van der Waals surface area contributed by atoms with Crippen LogP contribution >= 0.6 is 11.6 Å². The number of aromatic amines is 1. The Morgan fingerprint density at radius 1 is 1.27 bits per heavy atom. The molecule has 1 heterocycles. The van der Waals surface area contributed by atoms with Gasteiger partial charge in [0, 0.05) is 17.3 Å². The maximum absolute atomic E-state index is 14.1. The van der Waals surface area contributed by atoms with E-state index in [9.17, 15) is 40.7 Å². The molecule has 140 valence electrons. The molecular weight excluding hydrogens is 410 g/mol. The van der Waals surface area contributed by atoms with Crippen LogP contribution in [0.1, 0.15) is 16.1 Å². The van der Waals surface area contributed by atoms with Gasteiger partial charge in [-0.2, -0.15) is 13.2 Å². The summed E-state index contributed by atoms with van der Waals surface area (Å²) in [6.07, 6.45) is -5.03. The summed E-state index contributed by atoms with van der Waals surface area (Å²) in [5.41, 5.74) is -6.38. The van der Waals surface area contributed by atoms with Crippen LogP contribution in [0.4, 0.5) is 17.6 Å². The fourth-order valence-corrected chi connectivity index (χ4v) is 2.39. The Morgan fingerprint density at radius 3 is 2.38 bits per heavy atom. The van der Waals surface area contributed by atoms with E-state index in [0.29, 0.717) is 12.1 Å². The van der Waals surface area contributed by atoms with E-state index in [4.69, 9.17) is 11.6 Å². The third kappa shape index (κ3) is 4.00. The first kappa shape index (κ1) is 19.8. The van der Waals surface area contributed by atoms with Crippen LogP contribution in [0.2, 0.25) is 5.02 Å². The molecule has 1 atom stereocenters. The van der Waals surface area contributed by atoms with Crippen LogP contribution in [0.3, 0.4) is 0 Å². The summed E-state index contributed by atoms with van der Waals surface area (Å²) >= 11 is 2.56. The number of carbonyl (C=O) groups excluding carboxylic acids is 1. The van der Waals surface area contributed by atoms with Gasteiger partial charge in [0.15, 0.2) is 0 Å². The molecule has 1 aromatic carbocycles. The highest BCUT2D eigenvalue weighted by atomic mass is 35.5. The number of nitrogens with zero attached hydrogens (tertiary/aromatic N) is 1. The van der Waals surface area contributed by atoms with Gasteiger partial charge >= 0.3 is 11.9 Å². The quantitative estimate of drug-likeness (QED) is 0.569. The number of alkyl halides is 3. The summed E-state index contributed by atoms with van der Waals surface area (Å²) in [5, 5.41) is -0.564. The van der Waals surface area contributed by atoms with Crippen LogP contribution in [-0.4, -0.2) is 24.2 Å². The zero-order chi connectivity index (χ0) is 19.8. The minimum atomic E-state index is -5.03. The summed E-state index contributed by atoms with van der Waals surface area (Å²) in [5.74, 6) is -2.64. The fraction of sp³-hybridized carbons (Fsp3) is 0.0833. The number of hydrogen-bond acceptors (Lipinski definition) is 5. The molecule has 0 radical (unpaired) electrons. The average molecular weight is 415 g/mol. The van der Waals surface area contributed by atoms with E-state index >= 15 is 0 Å². The van der Waals surface area contributed by atoms with Crippen LogP contribution in [0, 0.1) is 5.82 Å². The maximum Gasteiger partial charge on any atom is 0.431 e. The van der Waals surface area contributed by atoms with Crippen molar-refractivity contribution in [3.05, 3.63) is 61.1 Å². The highest BCUT2D eigenvalue weighted by Gasteiger charge is 2.33. The molecule has 0 saturated heterocycles. The second-order valence-corrected chi connectivity index (χ2v) is 5.69. The lowest BCUT2D eigenvalue weighted by Gasteiger charge is -2.12. The zero-order valence-corrected chi connectivity index (χ0v) is 13.6. The summed E-state index contributed by atoms with van der Waals surface area (Å²) in [6.45, 7) is 0. The van der Waals surface area contributed by atoms with E-state index in [2.05, 4.69) is 0 Å². The van der Waals surface area contributed by atoms with Crippen molar-refractivity contribution < 1.29 is 31.1 Å². The van der Waals surface area contributed by atoms with Gasteiger partial charge in [-0.3, -0.25) is 18.5 Å². The maximum atomic E-state index is 14.1. The molecular formula is C12H5ClF4N3O5S-. The average Bonchev–Trinajstić information content (AvgIpc) is 2.46. The number of H-pyrrole nitrogens is 1. The van der Waals surface area contributed by atoms with Gasteiger partial charge in [-0.15, -0.1) is 0 Å². The normalized spacial score (nSPS) is 12.7. The highest BCUT2D eigenvalue weighted by Crippen LogP contribution is 2.26. The molecule has 8 nitrogen and oxygen atoms in total. The molecule has 1 unspecified atom stereocenters. The van der Waals surface area contributed by atoms with Crippen molar-refractivity contribution in [2.24, 2.45) is 0 Å². The first-order chi connectivity index (χ1) is 11.9. The molecule has 26 heavy (non-hydrogen) atoms. The summed E-state index contributed by atoms with van der Waals surface area (Å²) in [7, 11) is 0. The molecule has 1 aromatic heterocycles. The van der Waals surface area contributed by atoms with Crippen LogP contribution in [0.25, 0.3) is 5.69 Å². The van der Waals surface area contributed by atoms with Crippen molar-refractivity contribution >= 4 is 28.8 Å². The smallest absolute Gasteiger partial charge is 0.431 e. The number of halogens is 5. The molecule has 0 saturated carbocycles. The van der Waals surface area contributed by atoms with Gasteiger partial charge in [-0.25, -0.2) is 13.8 Å². The van der Waals surface area contributed by atoms with Crippen molar-refractivity contribution in [1.29, 1.82) is 0 Å². The number of hydrogen-bond donors (Lipinski definition) is 2. The van der Waals surface area contributed by atoms with Crippen LogP contribution in [0.15, 0.2) is 27.8 Å². The Kier molecular flexibility index (Phi) is 5.34. The topological polar surface area (TPSA) is 124 Å². The third-order valence-corrected chi connectivity index (χ3v) is 3.60. The minimum absolute atomic E-state index is 0.00809. The fourth-order valence-electron chi connectivity index (χ4n) is 1.89. The van der Waals surface area contributed by atoms with E-state index in [1.807, 2.05) is 0 Å². The van der Waals surface area contributed by atoms with Gasteiger partial charge in [0.25, 0.3) is 11.5 Å². The van der Waals surface area contributed by atoms with Crippen molar-refractivity contribution in [1.82, 2.24) is 14.3 Å². The van der Waals surface area contributed by atoms with E-state index < -0.39 is 62.4 Å². The standard InChI is InChI=1S/C12H6ClF4N3O5S/c13-5-2-6(14)7(1-4(5)10(22)19-26(24)25)20-9(21)3-8(12(15,16)17)18-11(20)23/h1-3H,(H,18,23)(H,19,22)(H,24,25)/p-1. The van der Waals surface area contributed by atoms with Gasteiger partial charge in [0.1, 0.15) is 11.5 Å². The lowest BCUT2D eigenvalue weighted by molar-refractivity contribution is -0.141. The highest BCUT2D eigenvalue weighted by molar-refractivity contribution is 7.77. The Balaban J connectivity index is 2.70. The summed E-state index contributed by atoms with van der Waals surface area (Å²) in [6, 6.07) is 1.05. The number of benzene rings is 1. The number of carbonyl (C=O) groups is 1. The number of nitrogens with one attached hydrogen (secondary N) is 2. The van der Waals surface area contributed by atoms with Crippen molar-refractivity contribution in [3.63, 3.8) is 0 Å². The van der Waals surface area contributed by atoms with Gasteiger partial charge < -0.3 is 9.54 Å². The molecule has 0 aliphatic carbocycles. The molecule has 14 heteroatoms. The Hall–Kier alpha value is -2.51. The van der Waals surface area contributed by atoms with Gasteiger partial charge in [-0.05, 0) is 12.1 Å². The minimum Gasteiger partial charge on any atom is -0.755 e. The van der Waals surface area contributed by atoms with E-state index in [0.717, 1.165) is 0 Å². The second kappa shape index (κ2) is 7.01. The first-order valence-electron chi connectivity index (χ1n) is 6.25. The van der Waals surface area contributed by atoms with Gasteiger partial charge in [0.05, 0.1) is 16.3 Å². The predicted octanol–water partition coefficient (Wildman–Crippen LogP) is 0.861. The molecule has 2 aromatic rings. The molecule has 0 aliphatic rings. The van der Waals surface area contributed by atoms with Crippen LogP contribution in [0.5, 0.6) is 0 Å². The number of rotatable bonds is 3. The number of aromatic nitrogens is 2. The van der Waals surface area contributed by atoms with Gasteiger partial charge in [-0.1, -0.05) is 11.6 Å². The largest absolute Gasteiger partial charge is 0.755 e. The van der Waals surface area contributed by atoms with Crippen LogP contribution < -0.4 is 16.0 Å².